The van der Waals surface area contributed by atoms with Crippen LogP contribution in [0.5, 0.6) is 5.75 Å². The summed E-state index contributed by atoms with van der Waals surface area (Å²) >= 11 is 0. The maximum absolute atomic E-state index is 6.56. The normalized spacial score (nSPS) is 15.7. The number of hydrogen-bond acceptors (Lipinski definition) is 6. The van der Waals surface area contributed by atoms with E-state index in [0.29, 0.717) is 0 Å². The Hall–Kier alpha value is -3.45. The second kappa shape index (κ2) is 7.67. The van der Waals surface area contributed by atoms with Gasteiger partial charge in [-0.2, -0.15) is 10.2 Å². The molecule has 0 spiro atoms. The number of fused-ring (bicyclic) bond motifs is 2. The zero-order chi connectivity index (χ0) is 21.5. The lowest BCUT2D eigenvalue weighted by Crippen LogP contribution is -2.31. The fraction of sp³-hybridized carbons (Fsp3) is 0.292. The van der Waals surface area contributed by atoms with E-state index in [9.17, 15) is 0 Å². The van der Waals surface area contributed by atoms with E-state index in [1.165, 1.54) is 11.1 Å². The van der Waals surface area contributed by atoms with Gasteiger partial charge in [0.25, 0.3) is 0 Å². The van der Waals surface area contributed by atoms with Crippen molar-refractivity contribution in [3.05, 3.63) is 71.0 Å². The van der Waals surface area contributed by atoms with Gasteiger partial charge >= 0.3 is 0 Å². The molecule has 0 aliphatic carbocycles. The lowest BCUT2D eigenvalue weighted by Gasteiger charge is -2.28. The van der Waals surface area contributed by atoms with Crippen LogP contribution in [0.2, 0.25) is 0 Å². The van der Waals surface area contributed by atoms with Gasteiger partial charge in [-0.1, -0.05) is 36.4 Å². The monoisotopic (exact) mass is 414 g/mol. The molecule has 0 bridgehead atoms. The Morgan fingerprint density at radius 3 is 2.65 bits per heavy atom. The van der Waals surface area contributed by atoms with E-state index in [1.54, 1.807) is 0 Å². The average Bonchev–Trinajstić information content (AvgIpc) is 3.12. The number of nitrogens with one attached hydrogen (secondary N) is 1. The van der Waals surface area contributed by atoms with Gasteiger partial charge in [-0.25, -0.2) is 4.68 Å². The molecule has 2 aromatic carbocycles. The summed E-state index contributed by atoms with van der Waals surface area (Å²) in [6, 6.07) is 16.5. The third kappa shape index (κ3) is 3.31. The lowest BCUT2D eigenvalue weighted by molar-refractivity contribution is 0.191. The number of ether oxygens (including phenoxy) is 1. The van der Waals surface area contributed by atoms with E-state index >= 15 is 0 Å². The zero-order valence-corrected chi connectivity index (χ0v) is 18.3. The fourth-order valence-corrected chi connectivity index (χ4v) is 4.29. The summed E-state index contributed by atoms with van der Waals surface area (Å²) in [7, 11) is 3.91. The summed E-state index contributed by atoms with van der Waals surface area (Å²) in [6.07, 6.45) is -0.0567. The van der Waals surface area contributed by atoms with Crippen LogP contribution in [0.15, 0.2) is 48.5 Å². The number of aromatic nitrogens is 4. The van der Waals surface area contributed by atoms with Crippen molar-refractivity contribution in [2.24, 2.45) is 0 Å². The van der Waals surface area contributed by atoms with Crippen LogP contribution < -0.4 is 15.0 Å². The number of rotatable bonds is 4. The molecule has 158 valence electrons. The van der Waals surface area contributed by atoms with Gasteiger partial charge in [-0.05, 0) is 37.1 Å². The molecule has 0 amide bonds. The van der Waals surface area contributed by atoms with Crippen LogP contribution in [-0.2, 0) is 6.54 Å². The highest BCUT2D eigenvalue weighted by molar-refractivity contribution is 5.92. The summed E-state index contributed by atoms with van der Waals surface area (Å²) in [5.74, 6) is 1.55. The van der Waals surface area contributed by atoms with Crippen molar-refractivity contribution in [1.29, 1.82) is 0 Å². The van der Waals surface area contributed by atoms with Crippen molar-refractivity contribution < 1.29 is 4.74 Å². The summed E-state index contributed by atoms with van der Waals surface area (Å²) in [4.78, 5) is 1.94. The Labute approximate surface area is 181 Å². The molecule has 0 fully saturated rings. The van der Waals surface area contributed by atoms with Gasteiger partial charge in [0.05, 0.1) is 16.8 Å². The molecular formula is C24H26N6O. The molecule has 2 aromatic heterocycles. The molecule has 1 atom stereocenters. The summed E-state index contributed by atoms with van der Waals surface area (Å²) in [6.45, 7) is 5.68. The van der Waals surface area contributed by atoms with Crippen LogP contribution in [0.25, 0.3) is 16.6 Å². The third-order valence-electron chi connectivity index (χ3n) is 5.82. The third-order valence-corrected chi connectivity index (χ3v) is 5.82. The summed E-state index contributed by atoms with van der Waals surface area (Å²) in [5.41, 5.74) is 6.15. The van der Waals surface area contributed by atoms with Crippen molar-refractivity contribution in [2.75, 3.05) is 25.5 Å². The minimum Gasteiger partial charge on any atom is -0.482 e. The van der Waals surface area contributed by atoms with Gasteiger partial charge in [0.2, 0.25) is 0 Å². The maximum atomic E-state index is 6.56. The molecule has 4 aromatic rings. The molecule has 0 saturated carbocycles. The smallest absolute Gasteiger partial charge is 0.179 e. The highest BCUT2D eigenvalue weighted by Gasteiger charge is 2.24. The summed E-state index contributed by atoms with van der Waals surface area (Å²) < 4.78 is 8.51. The van der Waals surface area contributed by atoms with Crippen molar-refractivity contribution >= 4 is 16.7 Å². The first-order valence-electron chi connectivity index (χ1n) is 10.5. The van der Waals surface area contributed by atoms with Gasteiger partial charge in [0.1, 0.15) is 23.1 Å². The molecule has 1 aliphatic rings. The zero-order valence-electron chi connectivity index (χ0n) is 18.3. The number of para-hydroxylation sites is 2. The fourth-order valence-electron chi connectivity index (χ4n) is 4.29. The van der Waals surface area contributed by atoms with Crippen molar-refractivity contribution in [1.82, 2.24) is 25.3 Å². The predicted molar refractivity (Wildman–Crippen MR) is 122 cm³/mol. The van der Waals surface area contributed by atoms with Crippen LogP contribution in [0.1, 0.15) is 28.6 Å². The molecule has 0 saturated heterocycles. The summed E-state index contributed by atoms with van der Waals surface area (Å²) in [5, 5.41) is 18.1. The largest absolute Gasteiger partial charge is 0.482 e. The second-order valence-electron chi connectivity index (χ2n) is 8.13. The lowest BCUT2D eigenvalue weighted by atomic mass is 9.99. The number of aryl methyl sites for hydroxylation is 2. The van der Waals surface area contributed by atoms with Crippen LogP contribution in [0.3, 0.4) is 0 Å². The predicted octanol–water partition coefficient (Wildman–Crippen LogP) is 3.72. The Morgan fingerprint density at radius 2 is 1.81 bits per heavy atom. The SMILES string of the molecule is Cc1nnc(N(C)C)c2nn(-c3ccccc3OC3CNCc4ccccc43)c(C)c12. The van der Waals surface area contributed by atoms with Gasteiger partial charge in [0, 0.05) is 27.2 Å². The number of anilines is 1. The van der Waals surface area contributed by atoms with E-state index in [4.69, 9.17) is 9.84 Å². The Morgan fingerprint density at radius 1 is 1.03 bits per heavy atom. The molecule has 0 radical (unpaired) electrons. The van der Waals surface area contributed by atoms with Crippen molar-refractivity contribution in [3.63, 3.8) is 0 Å². The molecule has 5 rings (SSSR count). The topological polar surface area (TPSA) is 68.1 Å². The van der Waals surface area contributed by atoms with Crippen LogP contribution in [-0.4, -0.2) is 40.6 Å². The molecule has 7 nitrogen and oxygen atoms in total. The van der Waals surface area contributed by atoms with E-state index in [2.05, 4.69) is 46.7 Å². The number of hydrogen-bond donors (Lipinski definition) is 1. The van der Waals surface area contributed by atoms with Gasteiger partial charge in [0.15, 0.2) is 5.82 Å². The van der Waals surface area contributed by atoms with E-state index in [-0.39, 0.29) is 6.10 Å². The molecule has 1 N–H and O–H groups in total. The maximum Gasteiger partial charge on any atom is 0.179 e. The van der Waals surface area contributed by atoms with Gasteiger partial charge in [-0.15, -0.1) is 5.10 Å². The Bertz CT molecular complexity index is 1260. The molecular weight excluding hydrogens is 388 g/mol. The second-order valence-corrected chi connectivity index (χ2v) is 8.13. The average molecular weight is 415 g/mol. The van der Waals surface area contributed by atoms with E-state index < -0.39 is 0 Å². The standard InChI is InChI=1S/C24H26N6O/c1-15-22-16(2)30(28-23(22)24(27-26-15)29(3)4)19-11-7-8-12-20(19)31-21-14-25-13-17-9-5-6-10-18(17)21/h5-12,21,25H,13-14H2,1-4H3. The van der Waals surface area contributed by atoms with Crippen molar-refractivity contribution in [3.8, 4) is 11.4 Å². The van der Waals surface area contributed by atoms with Gasteiger partial charge < -0.3 is 15.0 Å². The first-order chi connectivity index (χ1) is 15.0. The Balaban J connectivity index is 1.61. The van der Waals surface area contributed by atoms with Crippen LogP contribution >= 0.6 is 0 Å². The molecule has 1 aliphatic heterocycles. The molecule has 31 heavy (non-hydrogen) atoms. The van der Waals surface area contributed by atoms with E-state index in [0.717, 1.165) is 52.6 Å². The quantitative estimate of drug-likeness (QED) is 0.549. The minimum absolute atomic E-state index is 0.0567. The van der Waals surface area contributed by atoms with Crippen LogP contribution in [0, 0.1) is 13.8 Å². The first kappa shape index (κ1) is 19.5. The number of benzene rings is 2. The van der Waals surface area contributed by atoms with Crippen LogP contribution in [0.4, 0.5) is 5.82 Å². The molecule has 7 heteroatoms. The van der Waals surface area contributed by atoms with Gasteiger partial charge in [-0.3, -0.25) is 0 Å². The molecule has 1 unspecified atom stereocenters. The highest BCUT2D eigenvalue weighted by atomic mass is 16.5. The molecule has 3 heterocycles. The van der Waals surface area contributed by atoms with Crippen molar-refractivity contribution in [2.45, 2.75) is 26.5 Å². The highest BCUT2D eigenvalue weighted by Crippen LogP contribution is 2.34. The van der Waals surface area contributed by atoms with E-state index in [1.807, 2.05) is 54.9 Å². The minimum atomic E-state index is -0.0567. The first-order valence-corrected chi connectivity index (χ1v) is 10.5. The number of nitrogens with zero attached hydrogens (tertiary/aromatic N) is 5. The Kier molecular flexibility index (Phi) is 4.82.